The summed E-state index contributed by atoms with van der Waals surface area (Å²) >= 11 is 0. The third kappa shape index (κ3) is 3.58. The highest BCUT2D eigenvalue weighted by molar-refractivity contribution is 5.30. The minimum absolute atomic E-state index is 0.134. The molecule has 1 N–H and O–H groups in total. The van der Waals surface area contributed by atoms with Gasteiger partial charge in [-0.1, -0.05) is 6.92 Å². The first-order valence-corrected chi connectivity index (χ1v) is 8.08. The molecule has 2 heterocycles. The first-order chi connectivity index (χ1) is 10.1. The quantitative estimate of drug-likeness (QED) is 0.840. The number of methoxy groups -OCH3 is 1. The highest BCUT2D eigenvalue weighted by Gasteiger charge is 2.34. The zero-order valence-electron chi connectivity index (χ0n) is 13.9. The fourth-order valence-corrected chi connectivity index (χ4v) is 3.00. The number of aromatic nitrogens is 2. The predicted octanol–water partition coefficient (Wildman–Crippen LogP) is 3.08. The fraction of sp³-hybridized carbons (Fsp3) is 0.812. The highest BCUT2D eigenvalue weighted by atomic mass is 16.5. The lowest BCUT2D eigenvalue weighted by atomic mass is 10.0. The normalized spacial score (nSPS) is 23.7. The van der Waals surface area contributed by atoms with Crippen LogP contribution in [0.4, 0.5) is 0 Å². The largest absolute Gasteiger partial charge is 0.493 e. The van der Waals surface area contributed by atoms with E-state index in [9.17, 15) is 0 Å². The van der Waals surface area contributed by atoms with Gasteiger partial charge in [-0.15, -0.1) is 0 Å². The van der Waals surface area contributed by atoms with E-state index in [4.69, 9.17) is 9.47 Å². The monoisotopic (exact) mass is 295 g/mol. The van der Waals surface area contributed by atoms with E-state index in [0.29, 0.717) is 12.1 Å². The van der Waals surface area contributed by atoms with E-state index >= 15 is 0 Å². The Morgan fingerprint density at radius 3 is 2.76 bits per heavy atom. The van der Waals surface area contributed by atoms with Gasteiger partial charge in [0.15, 0.2) is 5.75 Å². The van der Waals surface area contributed by atoms with Gasteiger partial charge < -0.3 is 14.8 Å². The Morgan fingerprint density at radius 1 is 1.48 bits per heavy atom. The summed E-state index contributed by atoms with van der Waals surface area (Å²) in [7, 11) is 1.71. The lowest BCUT2D eigenvalue weighted by Gasteiger charge is -2.27. The molecule has 1 aliphatic rings. The van der Waals surface area contributed by atoms with Crippen LogP contribution in [0.25, 0.3) is 0 Å². The average molecular weight is 295 g/mol. The smallest absolute Gasteiger partial charge is 0.161 e. The standard InChI is InChI=1S/C16H29N3O2/c1-6-9-17-15(13-8-7-12(4)21-13)16-14(20-5)10-18-19(16)11(2)3/h10-13,15,17H,6-9H2,1-5H3. The molecule has 21 heavy (non-hydrogen) atoms. The Labute approximate surface area is 128 Å². The molecule has 0 radical (unpaired) electrons. The van der Waals surface area contributed by atoms with Gasteiger partial charge in [0.2, 0.25) is 0 Å². The zero-order valence-corrected chi connectivity index (χ0v) is 13.9. The van der Waals surface area contributed by atoms with E-state index in [1.807, 2.05) is 6.20 Å². The van der Waals surface area contributed by atoms with Gasteiger partial charge >= 0.3 is 0 Å². The van der Waals surface area contributed by atoms with Crippen LogP contribution in [0.1, 0.15) is 64.7 Å². The third-order valence-corrected chi connectivity index (χ3v) is 4.05. The Hall–Kier alpha value is -1.07. The molecular formula is C16H29N3O2. The van der Waals surface area contributed by atoms with Gasteiger partial charge in [-0.05, 0) is 46.6 Å². The van der Waals surface area contributed by atoms with Crippen molar-refractivity contribution >= 4 is 0 Å². The summed E-state index contributed by atoms with van der Waals surface area (Å²) in [6.45, 7) is 9.58. The van der Waals surface area contributed by atoms with Crippen molar-refractivity contribution < 1.29 is 9.47 Å². The van der Waals surface area contributed by atoms with Crippen molar-refractivity contribution in [1.29, 1.82) is 0 Å². The van der Waals surface area contributed by atoms with Gasteiger partial charge in [0.05, 0.1) is 31.6 Å². The predicted molar refractivity (Wildman–Crippen MR) is 83.8 cm³/mol. The number of rotatable bonds is 7. The molecule has 3 atom stereocenters. The minimum Gasteiger partial charge on any atom is -0.493 e. The van der Waals surface area contributed by atoms with Crippen molar-refractivity contribution in [1.82, 2.24) is 15.1 Å². The van der Waals surface area contributed by atoms with Crippen LogP contribution in [-0.2, 0) is 4.74 Å². The van der Waals surface area contributed by atoms with Crippen molar-refractivity contribution in [2.24, 2.45) is 0 Å². The Morgan fingerprint density at radius 2 is 2.24 bits per heavy atom. The second kappa shape index (κ2) is 7.27. The summed E-state index contributed by atoms with van der Waals surface area (Å²) in [6.07, 6.45) is 5.63. The van der Waals surface area contributed by atoms with E-state index in [0.717, 1.165) is 37.3 Å². The van der Waals surface area contributed by atoms with Crippen molar-refractivity contribution in [3.63, 3.8) is 0 Å². The van der Waals surface area contributed by atoms with Crippen molar-refractivity contribution in [3.8, 4) is 5.75 Å². The molecule has 1 aliphatic heterocycles. The minimum atomic E-state index is 0.134. The molecule has 0 bridgehead atoms. The molecule has 0 spiro atoms. The van der Waals surface area contributed by atoms with Crippen LogP contribution in [0.15, 0.2) is 6.20 Å². The first-order valence-electron chi connectivity index (χ1n) is 8.08. The van der Waals surface area contributed by atoms with E-state index < -0.39 is 0 Å². The lowest BCUT2D eigenvalue weighted by Crippen LogP contribution is -2.35. The molecule has 1 aromatic heterocycles. The van der Waals surface area contributed by atoms with Crippen LogP contribution in [0.2, 0.25) is 0 Å². The summed E-state index contributed by atoms with van der Waals surface area (Å²) in [5, 5.41) is 8.14. The summed E-state index contributed by atoms with van der Waals surface area (Å²) in [6, 6.07) is 0.434. The van der Waals surface area contributed by atoms with Crippen molar-refractivity contribution in [3.05, 3.63) is 11.9 Å². The van der Waals surface area contributed by atoms with E-state index in [-0.39, 0.29) is 12.1 Å². The van der Waals surface area contributed by atoms with E-state index in [2.05, 4.69) is 42.8 Å². The van der Waals surface area contributed by atoms with Crippen molar-refractivity contribution in [2.75, 3.05) is 13.7 Å². The third-order valence-electron chi connectivity index (χ3n) is 4.05. The number of hydrogen-bond donors (Lipinski definition) is 1. The van der Waals surface area contributed by atoms with Crippen LogP contribution < -0.4 is 10.1 Å². The second-order valence-electron chi connectivity index (χ2n) is 6.13. The van der Waals surface area contributed by atoms with Gasteiger partial charge in [0.1, 0.15) is 5.69 Å². The summed E-state index contributed by atoms with van der Waals surface area (Å²) in [5.74, 6) is 0.848. The molecule has 0 saturated carbocycles. The Balaban J connectivity index is 2.33. The molecular weight excluding hydrogens is 266 g/mol. The highest BCUT2D eigenvalue weighted by Crippen LogP contribution is 2.35. The molecule has 1 aromatic rings. The van der Waals surface area contributed by atoms with Crippen LogP contribution in [0.5, 0.6) is 5.75 Å². The van der Waals surface area contributed by atoms with E-state index in [1.165, 1.54) is 0 Å². The summed E-state index contributed by atoms with van der Waals surface area (Å²) in [5.41, 5.74) is 1.11. The van der Waals surface area contributed by atoms with Gasteiger partial charge in [-0.2, -0.15) is 5.10 Å². The molecule has 2 rings (SSSR count). The number of nitrogens with zero attached hydrogens (tertiary/aromatic N) is 2. The molecule has 0 aromatic carbocycles. The number of hydrogen-bond acceptors (Lipinski definition) is 4. The van der Waals surface area contributed by atoms with Crippen LogP contribution in [-0.4, -0.2) is 35.6 Å². The van der Waals surface area contributed by atoms with Gasteiger partial charge in [0.25, 0.3) is 0 Å². The zero-order chi connectivity index (χ0) is 15.4. The molecule has 1 saturated heterocycles. The Bertz CT molecular complexity index is 445. The van der Waals surface area contributed by atoms with Crippen molar-refractivity contribution in [2.45, 2.75) is 71.2 Å². The SMILES string of the molecule is CCCNC(c1c(OC)cnn1C(C)C)C1CCC(C)O1. The average Bonchev–Trinajstić information content (AvgIpc) is 3.06. The second-order valence-corrected chi connectivity index (χ2v) is 6.13. The maximum Gasteiger partial charge on any atom is 0.161 e. The first kappa shape index (κ1) is 16.3. The number of ether oxygens (including phenoxy) is 2. The van der Waals surface area contributed by atoms with Gasteiger partial charge in [-0.25, -0.2) is 0 Å². The summed E-state index contributed by atoms with van der Waals surface area (Å²) < 4.78 is 13.7. The molecule has 0 aliphatic carbocycles. The topological polar surface area (TPSA) is 48.3 Å². The van der Waals surface area contributed by atoms with Crippen LogP contribution in [0, 0.1) is 0 Å². The molecule has 0 amide bonds. The van der Waals surface area contributed by atoms with Crippen LogP contribution in [0.3, 0.4) is 0 Å². The van der Waals surface area contributed by atoms with E-state index in [1.54, 1.807) is 7.11 Å². The number of nitrogens with one attached hydrogen (secondary N) is 1. The maximum atomic E-state index is 6.12. The maximum absolute atomic E-state index is 6.12. The fourth-order valence-electron chi connectivity index (χ4n) is 3.00. The molecule has 5 nitrogen and oxygen atoms in total. The lowest BCUT2D eigenvalue weighted by molar-refractivity contribution is 0.0288. The molecule has 120 valence electrons. The molecule has 1 fully saturated rings. The van der Waals surface area contributed by atoms with Gasteiger partial charge in [-0.3, -0.25) is 4.68 Å². The summed E-state index contributed by atoms with van der Waals surface area (Å²) in [4.78, 5) is 0. The van der Waals surface area contributed by atoms with Crippen LogP contribution >= 0.6 is 0 Å². The molecule has 3 unspecified atom stereocenters. The van der Waals surface area contributed by atoms with Gasteiger partial charge in [0, 0.05) is 6.04 Å². The molecule has 5 heteroatoms. The Kier molecular flexibility index (Phi) is 5.65.